The van der Waals surface area contributed by atoms with Crippen LogP contribution < -0.4 is 21.2 Å². The van der Waals surface area contributed by atoms with E-state index in [1.807, 2.05) is 30.6 Å². The van der Waals surface area contributed by atoms with Crippen LogP contribution in [0.5, 0.6) is 0 Å². The molecule has 4 aromatic heterocycles. The van der Waals surface area contributed by atoms with E-state index in [2.05, 4.69) is 88.0 Å². The van der Waals surface area contributed by atoms with Crippen LogP contribution in [0.15, 0.2) is 107 Å². The number of rotatable bonds is 2. The fourth-order valence-corrected chi connectivity index (χ4v) is 6.25. The average molecular weight is 489 g/mol. The first-order valence-electron chi connectivity index (χ1n) is 12.8. The van der Waals surface area contributed by atoms with Crippen LogP contribution in [0.1, 0.15) is 12.3 Å². The van der Waals surface area contributed by atoms with E-state index in [4.69, 9.17) is 20.0 Å². The molecular weight excluding hydrogens is 468 g/mol. The first-order chi connectivity index (χ1) is 18.8. The van der Waals surface area contributed by atoms with Crippen LogP contribution >= 0.6 is 0 Å². The van der Waals surface area contributed by atoms with Gasteiger partial charge in [-0.1, -0.05) is 54.6 Å². The normalized spacial score (nSPS) is 17.8. The molecule has 9 rings (SSSR count). The second-order valence-corrected chi connectivity index (χ2v) is 9.88. The Hall–Kier alpha value is -5.10. The van der Waals surface area contributed by atoms with Crippen molar-refractivity contribution in [2.75, 3.05) is 0 Å². The molecule has 6 heterocycles. The number of hydrogen-bond donors (Lipinski definition) is 0. The average Bonchev–Trinajstić information content (AvgIpc) is 3.72. The summed E-state index contributed by atoms with van der Waals surface area (Å²) in [6.07, 6.45) is 7.96. The zero-order chi connectivity index (χ0) is 24.8. The molecule has 7 aromatic rings. The molecule has 2 unspecified atom stereocenters. The Morgan fingerprint density at radius 2 is 1.16 bits per heavy atom. The van der Waals surface area contributed by atoms with Crippen molar-refractivity contribution in [2.45, 2.75) is 12.3 Å². The first kappa shape index (κ1) is 20.0. The molecule has 0 radical (unpaired) electrons. The summed E-state index contributed by atoms with van der Waals surface area (Å²) >= 11 is 0. The van der Waals surface area contributed by atoms with E-state index < -0.39 is 0 Å². The van der Waals surface area contributed by atoms with Gasteiger partial charge in [0.1, 0.15) is 23.4 Å². The van der Waals surface area contributed by atoms with Crippen molar-refractivity contribution in [3.05, 3.63) is 118 Å². The van der Waals surface area contributed by atoms with Crippen molar-refractivity contribution < 1.29 is 0 Å². The highest BCUT2D eigenvalue weighted by Crippen LogP contribution is 2.40. The summed E-state index contributed by atoms with van der Waals surface area (Å²) in [4.78, 5) is 20.1. The Morgan fingerprint density at radius 1 is 0.526 bits per heavy atom. The standard InChI is InChI=1S/C32H20N6/c1-4-11-23-19(8-1)16-27(35-23)37-25-13-6-3-10-21(25)22-18-34-30-29-26(14-7-15-33-29)38(32(30)31(22)37)28-17-20-9-2-5-12-24(20)36-28/h1-18,27-28H. The van der Waals surface area contributed by atoms with Crippen LogP contribution in [-0.4, -0.2) is 19.1 Å². The fraction of sp³-hybridized carbons (Fsp3) is 0.0625. The number of benzene rings is 3. The van der Waals surface area contributed by atoms with Gasteiger partial charge >= 0.3 is 0 Å². The molecule has 2 atom stereocenters. The molecule has 0 saturated heterocycles. The molecule has 0 aliphatic carbocycles. The molecule has 6 heteroatoms. The van der Waals surface area contributed by atoms with Gasteiger partial charge in [0.05, 0.1) is 32.8 Å². The highest BCUT2D eigenvalue weighted by atomic mass is 15.2. The third-order valence-electron chi connectivity index (χ3n) is 7.83. The number of fused-ring (bicyclic) bond motifs is 9. The highest BCUT2D eigenvalue weighted by Gasteiger charge is 2.27. The van der Waals surface area contributed by atoms with Gasteiger partial charge < -0.3 is 9.13 Å². The van der Waals surface area contributed by atoms with E-state index in [1.54, 1.807) is 0 Å². The van der Waals surface area contributed by atoms with E-state index >= 15 is 0 Å². The van der Waals surface area contributed by atoms with Crippen molar-refractivity contribution in [1.82, 2.24) is 19.1 Å². The van der Waals surface area contributed by atoms with Gasteiger partial charge in [-0.15, -0.1) is 0 Å². The monoisotopic (exact) mass is 488 g/mol. The Kier molecular flexibility index (Phi) is 3.81. The lowest BCUT2D eigenvalue weighted by atomic mass is 10.2. The van der Waals surface area contributed by atoms with E-state index in [9.17, 15) is 0 Å². The zero-order valence-electron chi connectivity index (χ0n) is 20.2. The lowest BCUT2D eigenvalue weighted by Crippen LogP contribution is -2.19. The molecule has 0 fully saturated rings. The molecule has 2 aliphatic rings. The Labute approximate surface area is 215 Å². The second kappa shape index (κ2) is 7.23. The van der Waals surface area contributed by atoms with Gasteiger partial charge in [-0.05, 0) is 52.9 Å². The maximum Gasteiger partial charge on any atom is 0.146 e. The van der Waals surface area contributed by atoms with Crippen LogP contribution in [0.4, 0.5) is 0 Å². The lowest BCUT2D eigenvalue weighted by molar-refractivity contribution is 0.692. The number of nitrogens with zero attached hydrogens (tertiary/aromatic N) is 6. The smallest absolute Gasteiger partial charge is 0.146 e. The molecule has 6 nitrogen and oxygen atoms in total. The summed E-state index contributed by atoms with van der Waals surface area (Å²) in [7, 11) is 0. The minimum absolute atomic E-state index is 0.165. The highest BCUT2D eigenvalue weighted by molar-refractivity contribution is 6.20. The number of aromatic nitrogens is 4. The van der Waals surface area contributed by atoms with E-state index in [0.717, 1.165) is 65.0 Å². The number of pyridine rings is 2. The predicted octanol–water partition coefficient (Wildman–Crippen LogP) is 3.92. The molecule has 38 heavy (non-hydrogen) atoms. The third-order valence-corrected chi connectivity index (χ3v) is 7.83. The van der Waals surface area contributed by atoms with E-state index in [0.29, 0.717) is 0 Å². The number of hydrogen-bond acceptors (Lipinski definition) is 4. The van der Waals surface area contributed by atoms with Crippen molar-refractivity contribution >= 4 is 56.0 Å². The van der Waals surface area contributed by atoms with Crippen LogP contribution in [-0.2, 0) is 0 Å². The molecule has 0 bridgehead atoms. The fourth-order valence-electron chi connectivity index (χ4n) is 6.25. The molecule has 0 saturated carbocycles. The lowest BCUT2D eigenvalue weighted by Gasteiger charge is -2.16. The van der Waals surface area contributed by atoms with Crippen molar-refractivity contribution in [3.63, 3.8) is 0 Å². The topological polar surface area (TPSA) is 60.4 Å². The van der Waals surface area contributed by atoms with Crippen molar-refractivity contribution in [2.24, 2.45) is 9.98 Å². The predicted molar refractivity (Wildman–Crippen MR) is 149 cm³/mol. The minimum Gasteiger partial charge on any atom is -0.312 e. The minimum atomic E-state index is -0.197. The molecule has 3 aromatic carbocycles. The van der Waals surface area contributed by atoms with Crippen LogP contribution in [0, 0.1) is 0 Å². The van der Waals surface area contributed by atoms with Crippen molar-refractivity contribution in [1.29, 1.82) is 0 Å². The summed E-state index contributed by atoms with van der Waals surface area (Å²) in [5.41, 5.74) is 6.06. The van der Waals surface area contributed by atoms with Crippen LogP contribution in [0.3, 0.4) is 0 Å². The van der Waals surface area contributed by atoms with Gasteiger partial charge in [-0.3, -0.25) is 20.0 Å². The molecule has 0 amide bonds. The van der Waals surface area contributed by atoms with Gasteiger partial charge in [0.15, 0.2) is 0 Å². The summed E-state index contributed by atoms with van der Waals surface area (Å²) in [6.45, 7) is 0. The summed E-state index contributed by atoms with van der Waals surface area (Å²) in [6, 6.07) is 29.3. The molecule has 2 aliphatic heterocycles. The SMILES string of the molecule is C1=c2ccccc2=NC1n1c2ccccc2c2cnc3c4ncccc4n(C4C=c5ccccc5=N4)c3c21. The van der Waals surface area contributed by atoms with Gasteiger partial charge in [-0.25, -0.2) is 0 Å². The van der Waals surface area contributed by atoms with Crippen LogP contribution in [0.25, 0.3) is 56.0 Å². The molecule has 178 valence electrons. The number of para-hydroxylation sites is 3. The summed E-state index contributed by atoms with van der Waals surface area (Å²) in [5, 5.41) is 6.60. The molecule has 0 N–H and O–H groups in total. The van der Waals surface area contributed by atoms with Gasteiger partial charge in [-0.2, -0.15) is 0 Å². The molecule has 0 spiro atoms. The van der Waals surface area contributed by atoms with Gasteiger partial charge in [0.2, 0.25) is 0 Å². The Morgan fingerprint density at radius 3 is 1.89 bits per heavy atom. The van der Waals surface area contributed by atoms with Gasteiger partial charge in [0.25, 0.3) is 0 Å². The zero-order valence-corrected chi connectivity index (χ0v) is 20.2. The second-order valence-electron chi connectivity index (χ2n) is 9.88. The van der Waals surface area contributed by atoms with Crippen molar-refractivity contribution in [3.8, 4) is 0 Å². The van der Waals surface area contributed by atoms with E-state index in [1.165, 1.54) is 0 Å². The van der Waals surface area contributed by atoms with Gasteiger partial charge in [0, 0.05) is 23.2 Å². The largest absolute Gasteiger partial charge is 0.312 e. The Bertz CT molecular complexity index is 2140. The van der Waals surface area contributed by atoms with E-state index in [-0.39, 0.29) is 12.3 Å². The quantitative estimate of drug-likeness (QED) is 0.370. The summed E-state index contributed by atoms with van der Waals surface area (Å²) < 4.78 is 4.68. The Balaban J connectivity index is 1.48. The van der Waals surface area contributed by atoms with Crippen LogP contribution in [0.2, 0.25) is 0 Å². The third kappa shape index (κ3) is 2.56. The molecular formula is C32H20N6. The maximum atomic E-state index is 5.15. The first-order valence-corrected chi connectivity index (χ1v) is 12.8. The summed E-state index contributed by atoms with van der Waals surface area (Å²) in [5.74, 6) is 0. The maximum absolute atomic E-state index is 5.15.